The summed E-state index contributed by atoms with van der Waals surface area (Å²) < 4.78 is 6.80. The molecule has 0 atom stereocenters. The molecule has 0 bridgehead atoms. The summed E-state index contributed by atoms with van der Waals surface area (Å²) in [5.74, 6) is 1.23. The van der Waals surface area contributed by atoms with Crippen LogP contribution in [-0.2, 0) is 4.74 Å². The lowest BCUT2D eigenvalue weighted by molar-refractivity contribution is 0.233. The number of rotatable bonds is 2. The van der Waals surface area contributed by atoms with Crippen molar-refractivity contribution in [2.45, 2.75) is 26.2 Å². The van der Waals surface area contributed by atoms with E-state index in [0.29, 0.717) is 0 Å². The Hall–Kier alpha value is 0.270. The lowest BCUT2D eigenvalue weighted by Gasteiger charge is -1.99. The largest absolute Gasteiger partial charge is 0.497 e. The highest BCUT2D eigenvalue weighted by atomic mass is 127. The van der Waals surface area contributed by atoms with E-state index in [9.17, 15) is 0 Å². The van der Waals surface area contributed by atoms with Gasteiger partial charge >= 0.3 is 0 Å². The molecule has 0 amide bonds. The van der Waals surface area contributed by atoms with Crippen LogP contribution in [0, 0.1) is 0 Å². The van der Waals surface area contributed by atoms with Crippen LogP contribution in [0.2, 0.25) is 0 Å². The minimum Gasteiger partial charge on any atom is -0.497 e. The molecular weight excluding hydrogens is 227 g/mol. The molecule has 1 rings (SSSR count). The highest BCUT2D eigenvalue weighted by Crippen LogP contribution is 2.27. The topological polar surface area (TPSA) is 9.23 Å². The highest BCUT2D eigenvalue weighted by molar-refractivity contribution is 14.1. The Morgan fingerprint density at radius 1 is 1.67 bits per heavy atom. The highest BCUT2D eigenvalue weighted by Gasteiger charge is 2.11. The van der Waals surface area contributed by atoms with Crippen molar-refractivity contribution in [1.82, 2.24) is 0 Å². The number of hydrogen-bond acceptors (Lipinski definition) is 1. The SMILES string of the molecule is CCCC1=C(I)CCO1. The fraction of sp³-hybridized carbons (Fsp3) is 0.714. The summed E-state index contributed by atoms with van der Waals surface area (Å²) in [4.78, 5) is 0. The zero-order valence-electron chi connectivity index (χ0n) is 5.61. The van der Waals surface area contributed by atoms with Gasteiger partial charge in [0.05, 0.1) is 6.61 Å². The molecule has 0 N–H and O–H groups in total. The molecule has 1 aliphatic rings. The predicted molar refractivity (Wildman–Crippen MR) is 46.5 cm³/mol. The number of ether oxygens (including phenoxy) is 1. The van der Waals surface area contributed by atoms with E-state index in [4.69, 9.17) is 4.74 Å². The van der Waals surface area contributed by atoms with Crippen LogP contribution in [0.5, 0.6) is 0 Å². The molecule has 0 saturated carbocycles. The summed E-state index contributed by atoms with van der Waals surface area (Å²) in [5, 5.41) is 0. The molecule has 1 heterocycles. The Morgan fingerprint density at radius 3 is 2.89 bits per heavy atom. The first kappa shape index (κ1) is 7.38. The van der Waals surface area contributed by atoms with Crippen LogP contribution < -0.4 is 0 Å². The third-order valence-electron chi connectivity index (χ3n) is 1.38. The van der Waals surface area contributed by atoms with E-state index in [2.05, 4.69) is 29.5 Å². The molecule has 0 radical (unpaired) electrons. The standard InChI is InChI=1S/C7H11IO/c1-2-3-7-6(8)4-5-9-7/h2-5H2,1H3. The van der Waals surface area contributed by atoms with Crippen molar-refractivity contribution in [3.8, 4) is 0 Å². The summed E-state index contributed by atoms with van der Waals surface area (Å²) in [6.45, 7) is 3.09. The van der Waals surface area contributed by atoms with Crippen LogP contribution in [0.15, 0.2) is 9.34 Å². The molecule has 0 aromatic rings. The molecule has 2 heteroatoms. The molecule has 0 spiro atoms. The van der Waals surface area contributed by atoms with E-state index in [1.165, 1.54) is 15.8 Å². The molecule has 0 saturated heterocycles. The molecule has 1 nitrogen and oxygen atoms in total. The van der Waals surface area contributed by atoms with Crippen molar-refractivity contribution in [2.24, 2.45) is 0 Å². The van der Waals surface area contributed by atoms with Crippen molar-refractivity contribution in [3.63, 3.8) is 0 Å². The number of hydrogen-bond donors (Lipinski definition) is 0. The summed E-state index contributed by atoms with van der Waals surface area (Å²) in [6, 6.07) is 0. The first-order valence-electron chi connectivity index (χ1n) is 3.35. The van der Waals surface area contributed by atoms with Crippen molar-refractivity contribution in [3.05, 3.63) is 9.34 Å². The monoisotopic (exact) mass is 238 g/mol. The first-order valence-corrected chi connectivity index (χ1v) is 4.42. The Kier molecular flexibility index (Phi) is 2.82. The van der Waals surface area contributed by atoms with E-state index in [1.54, 1.807) is 0 Å². The van der Waals surface area contributed by atoms with Gasteiger partial charge in [-0.3, -0.25) is 0 Å². The van der Waals surface area contributed by atoms with Crippen LogP contribution >= 0.6 is 22.6 Å². The van der Waals surface area contributed by atoms with Gasteiger partial charge in [0.2, 0.25) is 0 Å². The maximum atomic E-state index is 5.38. The van der Waals surface area contributed by atoms with Gasteiger partial charge in [-0.15, -0.1) is 0 Å². The minimum absolute atomic E-state index is 0.910. The van der Waals surface area contributed by atoms with Gasteiger partial charge in [-0.1, -0.05) is 6.92 Å². The minimum atomic E-state index is 0.910. The number of halogens is 1. The van der Waals surface area contributed by atoms with E-state index in [-0.39, 0.29) is 0 Å². The summed E-state index contributed by atoms with van der Waals surface area (Å²) in [5.41, 5.74) is 0. The zero-order chi connectivity index (χ0) is 6.69. The molecule has 0 aromatic carbocycles. The summed E-state index contributed by atoms with van der Waals surface area (Å²) in [7, 11) is 0. The molecule has 9 heavy (non-hydrogen) atoms. The second-order valence-electron chi connectivity index (χ2n) is 2.18. The quantitative estimate of drug-likeness (QED) is 0.672. The Balaban J connectivity index is 2.45. The smallest absolute Gasteiger partial charge is 0.105 e. The van der Waals surface area contributed by atoms with Gasteiger partial charge in [0.1, 0.15) is 5.76 Å². The van der Waals surface area contributed by atoms with Crippen LogP contribution in [0.1, 0.15) is 26.2 Å². The fourth-order valence-corrected chi connectivity index (χ4v) is 1.56. The Bertz CT molecular complexity index is 129. The van der Waals surface area contributed by atoms with E-state index >= 15 is 0 Å². The molecule has 0 aliphatic carbocycles. The Morgan fingerprint density at radius 2 is 2.44 bits per heavy atom. The van der Waals surface area contributed by atoms with Crippen LogP contribution in [-0.4, -0.2) is 6.61 Å². The van der Waals surface area contributed by atoms with Crippen molar-refractivity contribution < 1.29 is 4.74 Å². The van der Waals surface area contributed by atoms with Gasteiger partial charge in [-0.25, -0.2) is 0 Å². The second kappa shape index (κ2) is 3.44. The predicted octanol–water partition coefficient (Wildman–Crippen LogP) is 2.85. The van der Waals surface area contributed by atoms with E-state index in [1.807, 2.05) is 0 Å². The molecule has 1 aliphatic heterocycles. The van der Waals surface area contributed by atoms with Gasteiger partial charge < -0.3 is 4.74 Å². The molecule has 0 aromatic heterocycles. The van der Waals surface area contributed by atoms with Gasteiger partial charge in [0, 0.05) is 16.4 Å². The van der Waals surface area contributed by atoms with Crippen molar-refractivity contribution in [2.75, 3.05) is 6.61 Å². The maximum Gasteiger partial charge on any atom is 0.105 e. The third kappa shape index (κ3) is 1.85. The second-order valence-corrected chi connectivity index (χ2v) is 3.48. The normalized spacial score (nSPS) is 18.4. The van der Waals surface area contributed by atoms with Crippen LogP contribution in [0.25, 0.3) is 0 Å². The molecular formula is C7H11IO. The average molecular weight is 238 g/mol. The fourth-order valence-electron chi connectivity index (χ4n) is 0.916. The molecule has 0 unspecified atom stereocenters. The zero-order valence-corrected chi connectivity index (χ0v) is 7.77. The van der Waals surface area contributed by atoms with E-state index in [0.717, 1.165) is 19.4 Å². The number of allylic oxidation sites excluding steroid dienone is 1. The van der Waals surface area contributed by atoms with Crippen LogP contribution in [0.4, 0.5) is 0 Å². The van der Waals surface area contributed by atoms with E-state index < -0.39 is 0 Å². The molecule has 0 fully saturated rings. The lowest BCUT2D eigenvalue weighted by atomic mass is 10.3. The van der Waals surface area contributed by atoms with Crippen molar-refractivity contribution in [1.29, 1.82) is 0 Å². The maximum absolute atomic E-state index is 5.38. The summed E-state index contributed by atoms with van der Waals surface area (Å²) in [6.07, 6.45) is 3.45. The summed E-state index contributed by atoms with van der Waals surface area (Å²) >= 11 is 2.37. The molecule has 52 valence electrons. The Labute approximate surface area is 69.6 Å². The van der Waals surface area contributed by atoms with Gasteiger partial charge in [-0.2, -0.15) is 0 Å². The average Bonchev–Trinajstić information content (AvgIpc) is 2.18. The van der Waals surface area contributed by atoms with Gasteiger partial charge in [0.15, 0.2) is 0 Å². The third-order valence-corrected chi connectivity index (χ3v) is 2.52. The van der Waals surface area contributed by atoms with Crippen molar-refractivity contribution >= 4 is 22.6 Å². The van der Waals surface area contributed by atoms with Gasteiger partial charge in [-0.05, 0) is 29.0 Å². The lowest BCUT2D eigenvalue weighted by Crippen LogP contribution is -1.83. The van der Waals surface area contributed by atoms with Crippen LogP contribution in [0.3, 0.4) is 0 Å². The first-order chi connectivity index (χ1) is 4.34. The van der Waals surface area contributed by atoms with Gasteiger partial charge in [0.25, 0.3) is 0 Å².